The van der Waals surface area contributed by atoms with Crippen LogP contribution in [0, 0.1) is 11.8 Å². The molecule has 1 saturated carbocycles. The summed E-state index contributed by atoms with van der Waals surface area (Å²) in [6, 6.07) is 0.220. The molecule has 0 aromatic rings. The minimum atomic E-state index is -0.479. The van der Waals surface area contributed by atoms with Gasteiger partial charge in [0.25, 0.3) is 0 Å². The van der Waals surface area contributed by atoms with Crippen LogP contribution in [-0.4, -0.2) is 23.3 Å². The van der Waals surface area contributed by atoms with Crippen LogP contribution in [0.5, 0.6) is 0 Å². The van der Waals surface area contributed by atoms with Crippen LogP contribution in [0.15, 0.2) is 0 Å². The number of rotatable bonds is 3. The van der Waals surface area contributed by atoms with E-state index in [9.17, 15) is 5.11 Å². The molecule has 0 spiro atoms. The van der Waals surface area contributed by atoms with Crippen molar-refractivity contribution in [1.29, 1.82) is 0 Å². The molecule has 3 unspecified atom stereocenters. The van der Waals surface area contributed by atoms with E-state index < -0.39 is 5.60 Å². The minimum Gasteiger partial charge on any atom is -0.388 e. The fraction of sp³-hybridized carbons (Fsp3) is 1.00. The first-order chi connectivity index (χ1) is 6.48. The Morgan fingerprint density at radius 3 is 2.29 bits per heavy atom. The summed E-state index contributed by atoms with van der Waals surface area (Å²) in [7, 11) is 0. The second-order valence-corrected chi connectivity index (χ2v) is 5.24. The van der Waals surface area contributed by atoms with Crippen LogP contribution in [0.4, 0.5) is 0 Å². The molecule has 1 aliphatic carbocycles. The molecule has 0 radical (unpaired) electrons. The van der Waals surface area contributed by atoms with Gasteiger partial charge in [0, 0.05) is 6.04 Å². The summed E-state index contributed by atoms with van der Waals surface area (Å²) >= 11 is 0. The van der Waals surface area contributed by atoms with Crippen LogP contribution < -0.4 is 5.32 Å². The van der Waals surface area contributed by atoms with E-state index in [1.807, 2.05) is 0 Å². The molecule has 0 aromatic heterocycles. The smallest absolute Gasteiger partial charge is 0.0802 e. The molecule has 0 aliphatic heterocycles. The minimum absolute atomic E-state index is 0.220. The first-order valence-electron chi connectivity index (χ1n) is 5.93. The van der Waals surface area contributed by atoms with Crippen LogP contribution in [0.3, 0.4) is 0 Å². The van der Waals surface area contributed by atoms with Gasteiger partial charge in [0.15, 0.2) is 0 Å². The third kappa shape index (κ3) is 2.71. The molecule has 84 valence electrons. The Balaban J connectivity index is 2.61. The standard InChI is InChI=1S/C12H25NO/c1-5-13-11(4)12(14)7-9(2)6-10(3)8-12/h9-11,13-14H,5-8H2,1-4H3. The first kappa shape index (κ1) is 12.0. The van der Waals surface area contributed by atoms with Gasteiger partial charge < -0.3 is 10.4 Å². The number of hydrogen-bond donors (Lipinski definition) is 2. The van der Waals surface area contributed by atoms with E-state index in [1.165, 1.54) is 6.42 Å². The van der Waals surface area contributed by atoms with E-state index in [2.05, 4.69) is 33.0 Å². The van der Waals surface area contributed by atoms with E-state index in [0.29, 0.717) is 11.8 Å². The third-order valence-corrected chi connectivity index (χ3v) is 3.52. The fourth-order valence-electron chi connectivity index (χ4n) is 2.99. The van der Waals surface area contributed by atoms with Crippen molar-refractivity contribution in [2.24, 2.45) is 11.8 Å². The van der Waals surface area contributed by atoms with Crippen LogP contribution in [-0.2, 0) is 0 Å². The average molecular weight is 199 g/mol. The van der Waals surface area contributed by atoms with Gasteiger partial charge in [-0.25, -0.2) is 0 Å². The predicted octanol–water partition coefficient (Wildman–Crippen LogP) is 2.17. The van der Waals surface area contributed by atoms with Gasteiger partial charge >= 0.3 is 0 Å². The summed E-state index contributed by atoms with van der Waals surface area (Å²) in [5.41, 5.74) is -0.479. The van der Waals surface area contributed by atoms with Crippen molar-refractivity contribution in [2.75, 3.05) is 6.54 Å². The summed E-state index contributed by atoms with van der Waals surface area (Å²) in [5, 5.41) is 13.9. The molecule has 0 aromatic carbocycles. The third-order valence-electron chi connectivity index (χ3n) is 3.52. The number of nitrogens with one attached hydrogen (secondary N) is 1. The maximum atomic E-state index is 10.5. The van der Waals surface area contributed by atoms with Gasteiger partial charge in [-0.05, 0) is 44.6 Å². The lowest BCUT2D eigenvalue weighted by Gasteiger charge is -2.43. The van der Waals surface area contributed by atoms with Crippen LogP contribution in [0.2, 0.25) is 0 Å². The van der Waals surface area contributed by atoms with Crippen molar-refractivity contribution in [3.05, 3.63) is 0 Å². The summed E-state index contributed by atoms with van der Waals surface area (Å²) in [6.07, 6.45) is 3.16. The molecule has 0 saturated heterocycles. The summed E-state index contributed by atoms with van der Waals surface area (Å²) < 4.78 is 0. The second-order valence-electron chi connectivity index (χ2n) is 5.24. The van der Waals surface area contributed by atoms with E-state index in [-0.39, 0.29) is 6.04 Å². The van der Waals surface area contributed by atoms with Crippen LogP contribution in [0.1, 0.15) is 47.0 Å². The lowest BCUT2D eigenvalue weighted by molar-refractivity contribution is -0.0553. The quantitative estimate of drug-likeness (QED) is 0.730. The summed E-state index contributed by atoms with van der Waals surface area (Å²) in [6.45, 7) is 9.63. The summed E-state index contributed by atoms with van der Waals surface area (Å²) in [5.74, 6) is 1.31. The Kier molecular flexibility index (Phi) is 3.96. The highest BCUT2D eigenvalue weighted by atomic mass is 16.3. The predicted molar refractivity (Wildman–Crippen MR) is 60.3 cm³/mol. The maximum Gasteiger partial charge on any atom is 0.0802 e. The van der Waals surface area contributed by atoms with Crippen molar-refractivity contribution in [1.82, 2.24) is 5.32 Å². The van der Waals surface area contributed by atoms with Crippen molar-refractivity contribution in [3.8, 4) is 0 Å². The molecule has 0 amide bonds. The normalized spacial score (nSPS) is 40.9. The van der Waals surface area contributed by atoms with Crippen molar-refractivity contribution in [2.45, 2.75) is 58.6 Å². The van der Waals surface area contributed by atoms with Gasteiger partial charge in [-0.15, -0.1) is 0 Å². The van der Waals surface area contributed by atoms with Gasteiger partial charge in [0.05, 0.1) is 5.60 Å². The average Bonchev–Trinajstić information content (AvgIpc) is 2.01. The van der Waals surface area contributed by atoms with E-state index in [0.717, 1.165) is 19.4 Å². The highest BCUT2D eigenvalue weighted by Crippen LogP contribution is 2.37. The lowest BCUT2D eigenvalue weighted by Crippen LogP contribution is -2.52. The highest BCUT2D eigenvalue weighted by Gasteiger charge is 2.39. The van der Waals surface area contributed by atoms with Gasteiger partial charge in [-0.1, -0.05) is 20.8 Å². The zero-order valence-electron chi connectivity index (χ0n) is 10.0. The zero-order chi connectivity index (χ0) is 10.8. The van der Waals surface area contributed by atoms with E-state index >= 15 is 0 Å². The molecule has 1 fully saturated rings. The van der Waals surface area contributed by atoms with E-state index in [1.54, 1.807) is 0 Å². The molecule has 2 nitrogen and oxygen atoms in total. The highest BCUT2D eigenvalue weighted by molar-refractivity contribution is 4.94. The Hall–Kier alpha value is -0.0800. The SMILES string of the molecule is CCNC(C)C1(O)CC(C)CC(C)C1. The van der Waals surface area contributed by atoms with Crippen molar-refractivity contribution < 1.29 is 5.11 Å². The Morgan fingerprint density at radius 1 is 1.36 bits per heavy atom. The van der Waals surface area contributed by atoms with Crippen LogP contribution in [0.25, 0.3) is 0 Å². The molecule has 14 heavy (non-hydrogen) atoms. The number of likely N-dealkylation sites (N-methyl/N-ethyl adjacent to an activating group) is 1. The Morgan fingerprint density at radius 2 is 1.86 bits per heavy atom. The van der Waals surface area contributed by atoms with Crippen molar-refractivity contribution in [3.63, 3.8) is 0 Å². The fourth-order valence-corrected chi connectivity index (χ4v) is 2.99. The molecule has 0 bridgehead atoms. The second kappa shape index (κ2) is 4.63. The topological polar surface area (TPSA) is 32.3 Å². The number of aliphatic hydroxyl groups is 1. The monoisotopic (exact) mass is 199 g/mol. The lowest BCUT2D eigenvalue weighted by atomic mass is 9.71. The van der Waals surface area contributed by atoms with Gasteiger partial charge in [-0.2, -0.15) is 0 Å². The van der Waals surface area contributed by atoms with Gasteiger partial charge in [0.1, 0.15) is 0 Å². The molecule has 2 N–H and O–H groups in total. The molecular weight excluding hydrogens is 174 g/mol. The Labute approximate surface area is 88.1 Å². The molecule has 1 aliphatic rings. The van der Waals surface area contributed by atoms with Gasteiger partial charge in [0.2, 0.25) is 0 Å². The van der Waals surface area contributed by atoms with Crippen LogP contribution >= 0.6 is 0 Å². The largest absolute Gasteiger partial charge is 0.388 e. The zero-order valence-corrected chi connectivity index (χ0v) is 10.0. The van der Waals surface area contributed by atoms with Crippen molar-refractivity contribution >= 4 is 0 Å². The molecular formula is C12H25NO. The molecule has 2 heteroatoms. The van der Waals surface area contributed by atoms with Gasteiger partial charge in [-0.3, -0.25) is 0 Å². The first-order valence-corrected chi connectivity index (χ1v) is 5.93. The molecule has 1 rings (SSSR count). The van der Waals surface area contributed by atoms with E-state index in [4.69, 9.17) is 0 Å². The number of hydrogen-bond acceptors (Lipinski definition) is 2. The molecule has 0 heterocycles. The maximum absolute atomic E-state index is 10.5. The summed E-state index contributed by atoms with van der Waals surface area (Å²) in [4.78, 5) is 0. The Bertz CT molecular complexity index is 171. The molecule has 3 atom stereocenters.